The van der Waals surface area contributed by atoms with Crippen LogP contribution in [0.15, 0.2) is 36.4 Å². The summed E-state index contributed by atoms with van der Waals surface area (Å²) in [7, 11) is 3.27. The maximum Gasteiger partial charge on any atom is 0.246 e. The SMILES string of the molecule is COc1ccc([C@@]2(OC)C=CC3(CCCCC3)OO2)cc1. The highest BCUT2D eigenvalue weighted by molar-refractivity contribution is 5.33. The van der Waals surface area contributed by atoms with E-state index in [0.717, 1.165) is 24.2 Å². The van der Waals surface area contributed by atoms with Crippen LogP contribution in [-0.4, -0.2) is 19.8 Å². The summed E-state index contributed by atoms with van der Waals surface area (Å²) in [5, 5.41) is 0. The fourth-order valence-corrected chi connectivity index (χ4v) is 3.05. The highest BCUT2D eigenvalue weighted by atomic mass is 17.2. The molecule has 2 aliphatic rings. The smallest absolute Gasteiger partial charge is 0.246 e. The minimum atomic E-state index is -0.977. The summed E-state index contributed by atoms with van der Waals surface area (Å²) in [5.41, 5.74) is 0.611. The van der Waals surface area contributed by atoms with Gasteiger partial charge >= 0.3 is 0 Å². The Kier molecular flexibility index (Phi) is 4.02. The second-order valence-electron chi connectivity index (χ2n) is 5.73. The summed E-state index contributed by atoms with van der Waals surface area (Å²) in [6.45, 7) is 0. The maximum atomic E-state index is 5.78. The third-order valence-electron chi connectivity index (χ3n) is 4.43. The normalized spacial score (nSPS) is 27.7. The molecule has 1 saturated carbocycles. The Bertz CT molecular complexity index is 502. The molecule has 1 aromatic rings. The van der Waals surface area contributed by atoms with Crippen LogP contribution in [0.1, 0.15) is 37.7 Å². The summed E-state index contributed by atoms with van der Waals surface area (Å²) in [6.07, 6.45) is 9.73. The molecule has 1 fully saturated rings. The lowest BCUT2D eigenvalue weighted by Gasteiger charge is -2.41. The molecule has 1 aliphatic heterocycles. The summed E-state index contributed by atoms with van der Waals surface area (Å²) in [4.78, 5) is 11.5. The van der Waals surface area contributed by atoms with Gasteiger partial charge in [0.2, 0.25) is 5.79 Å². The number of rotatable bonds is 3. The van der Waals surface area contributed by atoms with Gasteiger partial charge in [0.25, 0.3) is 0 Å². The van der Waals surface area contributed by atoms with E-state index in [0.29, 0.717) is 0 Å². The van der Waals surface area contributed by atoms with Crippen LogP contribution in [-0.2, 0) is 20.3 Å². The topological polar surface area (TPSA) is 36.9 Å². The molecule has 0 amide bonds. The van der Waals surface area contributed by atoms with Gasteiger partial charge in [-0.3, -0.25) is 0 Å². The fraction of sp³-hybridized carbons (Fsp3) is 0.529. The van der Waals surface area contributed by atoms with E-state index in [1.807, 2.05) is 30.3 Å². The largest absolute Gasteiger partial charge is 0.497 e. The average molecular weight is 290 g/mol. The number of methoxy groups -OCH3 is 2. The van der Waals surface area contributed by atoms with Crippen molar-refractivity contribution < 1.29 is 19.2 Å². The van der Waals surface area contributed by atoms with Gasteiger partial charge in [-0.2, -0.15) is 4.89 Å². The van der Waals surface area contributed by atoms with Crippen LogP contribution in [0.3, 0.4) is 0 Å². The van der Waals surface area contributed by atoms with Crippen molar-refractivity contribution in [3.8, 4) is 5.75 Å². The number of hydrogen-bond acceptors (Lipinski definition) is 4. The van der Waals surface area contributed by atoms with Crippen molar-refractivity contribution in [3.63, 3.8) is 0 Å². The Morgan fingerprint density at radius 2 is 1.62 bits per heavy atom. The summed E-state index contributed by atoms with van der Waals surface area (Å²) >= 11 is 0. The molecule has 0 unspecified atom stereocenters. The Hall–Kier alpha value is -1.36. The fourth-order valence-electron chi connectivity index (χ4n) is 3.05. The molecule has 0 bridgehead atoms. The van der Waals surface area contributed by atoms with Crippen molar-refractivity contribution >= 4 is 0 Å². The van der Waals surface area contributed by atoms with Crippen LogP contribution in [0.2, 0.25) is 0 Å². The predicted molar refractivity (Wildman–Crippen MR) is 78.8 cm³/mol. The molecule has 114 valence electrons. The van der Waals surface area contributed by atoms with Gasteiger partial charge in [0.1, 0.15) is 11.4 Å². The zero-order valence-corrected chi connectivity index (χ0v) is 12.6. The highest BCUT2D eigenvalue weighted by Gasteiger charge is 2.43. The maximum absolute atomic E-state index is 5.78. The summed E-state index contributed by atoms with van der Waals surface area (Å²) in [5.74, 6) is -0.177. The Morgan fingerprint density at radius 3 is 2.14 bits per heavy atom. The van der Waals surface area contributed by atoms with Crippen LogP contribution >= 0.6 is 0 Å². The van der Waals surface area contributed by atoms with Crippen molar-refractivity contribution in [1.82, 2.24) is 0 Å². The van der Waals surface area contributed by atoms with Gasteiger partial charge in [0, 0.05) is 12.7 Å². The van der Waals surface area contributed by atoms with Crippen LogP contribution in [0.5, 0.6) is 5.75 Å². The number of ether oxygens (including phenoxy) is 2. The molecule has 1 aromatic carbocycles. The first-order valence-corrected chi connectivity index (χ1v) is 7.49. The molecule has 21 heavy (non-hydrogen) atoms. The minimum absolute atomic E-state index is 0.271. The zero-order chi connectivity index (χ0) is 14.8. The molecule has 0 saturated heterocycles. The molecule has 1 heterocycles. The molecule has 1 spiro atoms. The average Bonchev–Trinajstić information content (AvgIpc) is 2.57. The van der Waals surface area contributed by atoms with Crippen molar-refractivity contribution in [3.05, 3.63) is 42.0 Å². The predicted octanol–water partition coefficient (Wildman–Crippen LogP) is 3.72. The van der Waals surface area contributed by atoms with E-state index >= 15 is 0 Å². The quantitative estimate of drug-likeness (QED) is 0.628. The van der Waals surface area contributed by atoms with Crippen LogP contribution in [0, 0.1) is 0 Å². The van der Waals surface area contributed by atoms with Crippen LogP contribution in [0.25, 0.3) is 0 Å². The standard InChI is InChI=1S/C17H22O4/c1-18-15-8-6-14(7-9-15)17(19-2)13-12-16(20-21-17)10-4-3-5-11-16/h6-9,12-13H,3-5,10-11H2,1-2H3/t17-/m1/s1. The van der Waals surface area contributed by atoms with Crippen LogP contribution in [0.4, 0.5) is 0 Å². The van der Waals surface area contributed by atoms with Gasteiger partial charge in [0.05, 0.1) is 7.11 Å². The van der Waals surface area contributed by atoms with Gasteiger partial charge in [-0.05, 0) is 49.3 Å². The lowest BCUT2D eigenvalue weighted by molar-refractivity contribution is -0.459. The lowest BCUT2D eigenvalue weighted by atomic mass is 9.83. The van der Waals surface area contributed by atoms with Crippen molar-refractivity contribution in [2.24, 2.45) is 0 Å². The Labute approximate surface area is 125 Å². The zero-order valence-electron chi connectivity index (χ0n) is 12.6. The molecule has 3 rings (SSSR count). The summed E-state index contributed by atoms with van der Waals surface area (Å²) in [6, 6.07) is 7.63. The molecule has 0 N–H and O–H groups in total. The third kappa shape index (κ3) is 2.71. The molecular formula is C17H22O4. The van der Waals surface area contributed by atoms with Gasteiger partial charge in [-0.25, -0.2) is 4.89 Å². The van der Waals surface area contributed by atoms with Gasteiger partial charge in [-0.15, -0.1) is 0 Å². The molecular weight excluding hydrogens is 268 g/mol. The number of hydrogen-bond donors (Lipinski definition) is 0. The molecule has 0 aromatic heterocycles. The van der Waals surface area contributed by atoms with Gasteiger partial charge in [-0.1, -0.05) is 19.3 Å². The van der Waals surface area contributed by atoms with E-state index in [-0.39, 0.29) is 5.60 Å². The first kappa shape index (κ1) is 14.6. The van der Waals surface area contributed by atoms with Crippen molar-refractivity contribution in [1.29, 1.82) is 0 Å². The first-order valence-electron chi connectivity index (χ1n) is 7.49. The molecule has 4 heteroatoms. The van der Waals surface area contributed by atoms with E-state index in [9.17, 15) is 0 Å². The highest BCUT2D eigenvalue weighted by Crippen LogP contribution is 2.42. The minimum Gasteiger partial charge on any atom is -0.497 e. The molecule has 4 nitrogen and oxygen atoms in total. The second kappa shape index (κ2) is 5.79. The number of benzene rings is 1. The lowest BCUT2D eigenvalue weighted by Crippen LogP contribution is -2.43. The van der Waals surface area contributed by atoms with Crippen molar-refractivity contribution in [2.75, 3.05) is 14.2 Å². The van der Waals surface area contributed by atoms with Crippen molar-refractivity contribution in [2.45, 2.75) is 43.5 Å². The Morgan fingerprint density at radius 1 is 0.905 bits per heavy atom. The van der Waals surface area contributed by atoms with Crippen LogP contribution < -0.4 is 4.74 Å². The Balaban J connectivity index is 1.86. The molecule has 0 radical (unpaired) electrons. The van der Waals surface area contributed by atoms with E-state index in [1.54, 1.807) is 14.2 Å². The second-order valence-corrected chi connectivity index (χ2v) is 5.73. The van der Waals surface area contributed by atoms with Gasteiger partial charge in [0.15, 0.2) is 0 Å². The monoisotopic (exact) mass is 290 g/mol. The van der Waals surface area contributed by atoms with Gasteiger partial charge < -0.3 is 9.47 Å². The first-order chi connectivity index (χ1) is 10.2. The van der Waals surface area contributed by atoms with E-state index in [1.165, 1.54) is 19.3 Å². The molecule has 1 aliphatic carbocycles. The third-order valence-corrected chi connectivity index (χ3v) is 4.43. The van der Waals surface area contributed by atoms with E-state index < -0.39 is 5.79 Å². The molecule has 1 atom stereocenters. The summed E-state index contributed by atoms with van der Waals surface area (Å²) < 4.78 is 10.8. The van der Waals surface area contributed by atoms with E-state index in [2.05, 4.69) is 6.08 Å². The van der Waals surface area contributed by atoms with E-state index in [4.69, 9.17) is 19.2 Å².